The second kappa shape index (κ2) is 5.32. The van der Waals surface area contributed by atoms with Crippen LogP contribution < -0.4 is 4.90 Å². The normalized spacial score (nSPS) is 23.6. The third-order valence-electron chi connectivity index (χ3n) is 4.43. The van der Waals surface area contributed by atoms with Crippen molar-refractivity contribution in [2.75, 3.05) is 18.0 Å². The van der Waals surface area contributed by atoms with Crippen LogP contribution in [0.15, 0.2) is 37.1 Å². The molecule has 0 radical (unpaired) electrons. The van der Waals surface area contributed by atoms with Gasteiger partial charge in [0.1, 0.15) is 5.69 Å². The van der Waals surface area contributed by atoms with E-state index in [4.69, 9.17) is 0 Å². The summed E-state index contributed by atoms with van der Waals surface area (Å²) < 4.78 is 0. The first-order valence-corrected chi connectivity index (χ1v) is 7.45. The number of carbonyl (C=O) groups is 1. The van der Waals surface area contributed by atoms with Crippen molar-refractivity contribution in [1.29, 1.82) is 0 Å². The van der Waals surface area contributed by atoms with E-state index in [-0.39, 0.29) is 11.9 Å². The molecule has 0 bridgehead atoms. The molecule has 0 unspecified atom stereocenters. The molecule has 7 nitrogen and oxygen atoms in total. The lowest BCUT2D eigenvalue weighted by atomic mass is 10.1. The monoisotopic (exact) mass is 296 g/mol. The number of rotatable bonds is 2. The van der Waals surface area contributed by atoms with Crippen LogP contribution in [-0.2, 0) is 0 Å². The van der Waals surface area contributed by atoms with Crippen LogP contribution in [-0.4, -0.2) is 55.9 Å². The van der Waals surface area contributed by atoms with Crippen molar-refractivity contribution < 1.29 is 4.79 Å². The molecule has 1 amide bonds. The molecule has 0 spiro atoms. The Morgan fingerprint density at radius 3 is 2.59 bits per heavy atom. The number of anilines is 1. The van der Waals surface area contributed by atoms with E-state index in [1.165, 1.54) is 6.20 Å². The average Bonchev–Trinajstić information content (AvgIpc) is 3.17. The van der Waals surface area contributed by atoms with Crippen LogP contribution in [0, 0.1) is 0 Å². The Morgan fingerprint density at radius 1 is 1.00 bits per heavy atom. The highest BCUT2D eigenvalue weighted by atomic mass is 16.2. The van der Waals surface area contributed by atoms with Gasteiger partial charge in [-0.25, -0.2) is 15.0 Å². The Morgan fingerprint density at radius 2 is 1.82 bits per heavy atom. The van der Waals surface area contributed by atoms with Crippen molar-refractivity contribution in [3.63, 3.8) is 0 Å². The van der Waals surface area contributed by atoms with Crippen molar-refractivity contribution in [1.82, 2.24) is 24.8 Å². The van der Waals surface area contributed by atoms with Crippen LogP contribution in [0.5, 0.6) is 0 Å². The molecule has 7 heteroatoms. The highest BCUT2D eigenvalue weighted by Crippen LogP contribution is 2.34. The van der Waals surface area contributed by atoms with E-state index >= 15 is 0 Å². The zero-order valence-corrected chi connectivity index (χ0v) is 12.0. The van der Waals surface area contributed by atoms with Gasteiger partial charge in [0.2, 0.25) is 5.95 Å². The number of carbonyl (C=O) groups excluding carboxylic acids is 1. The molecule has 0 N–H and O–H groups in total. The minimum atomic E-state index is -0.0311. The maximum Gasteiger partial charge on any atom is 0.274 e. The van der Waals surface area contributed by atoms with Gasteiger partial charge in [0.05, 0.1) is 18.3 Å². The summed E-state index contributed by atoms with van der Waals surface area (Å²) in [6, 6.07) is 2.32. The van der Waals surface area contributed by atoms with Crippen molar-refractivity contribution in [3.05, 3.63) is 42.7 Å². The highest BCUT2D eigenvalue weighted by molar-refractivity contribution is 5.92. The molecule has 2 atom stereocenters. The standard InChI is InChI=1S/C15H16N6O/c22-14(11-10-16-6-7-17-11)20-8-2-13-12(20)3-9-21(13)15-18-4-1-5-19-15/h1,4-7,10,12-13H,2-3,8-9H2/t12-,13+/m0/s1. The second-order valence-electron chi connectivity index (χ2n) is 5.54. The van der Waals surface area contributed by atoms with E-state index in [1.807, 2.05) is 11.0 Å². The van der Waals surface area contributed by atoms with E-state index in [0.717, 1.165) is 31.9 Å². The zero-order valence-electron chi connectivity index (χ0n) is 12.0. The van der Waals surface area contributed by atoms with E-state index in [0.29, 0.717) is 11.7 Å². The third-order valence-corrected chi connectivity index (χ3v) is 4.43. The number of aromatic nitrogens is 4. The van der Waals surface area contributed by atoms with Crippen molar-refractivity contribution in [2.45, 2.75) is 24.9 Å². The van der Waals surface area contributed by atoms with Crippen molar-refractivity contribution in [3.8, 4) is 0 Å². The smallest absolute Gasteiger partial charge is 0.274 e. The molecule has 0 aliphatic carbocycles. The van der Waals surface area contributed by atoms with Crippen LogP contribution in [0.2, 0.25) is 0 Å². The molecule has 2 fully saturated rings. The number of hydrogen-bond acceptors (Lipinski definition) is 6. The summed E-state index contributed by atoms with van der Waals surface area (Å²) in [5, 5.41) is 0. The van der Waals surface area contributed by atoms with Gasteiger partial charge in [-0.2, -0.15) is 0 Å². The summed E-state index contributed by atoms with van der Waals surface area (Å²) in [4.78, 5) is 33.5. The lowest BCUT2D eigenvalue weighted by Crippen LogP contribution is -2.40. The maximum atomic E-state index is 12.6. The van der Waals surface area contributed by atoms with Gasteiger partial charge < -0.3 is 9.80 Å². The fourth-order valence-corrected chi connectivity index (χ4v) is 3.48. The Bertz CT molecular complexity index is 664. The summed E-state index contributed by atoms with van der Waals surface area (Å²) in [5.41, 5.74) is 0.414. The molecule has 2 aliphatic heterocycles. The number of likely N-dealkylation sites (tertiary alicyclic amines) is 1. The number of amides is 1. The Balaban J connectivity index is 1.55. The average molecular weight is 296 g/mol. The molecule has 2 saturated heterocycles. The SMILES string of the molecule is O=C(c1cnccn1)N1CC[C@@H]2[C@@H]1CCN2c1ncccn1. The third kappa shape index (κ3) is 2.09. The minimum absolute atomic E-state index is 0.0311. The molecular formula is C15H16N6O. The summed E-state index contributed by atoms with van der Waals surface area (Å²) >= 11 is 0. The van der Waals surface area contributed by atoms with Crippen LogP contribution >= 0.6 is 0 Å². The molecule has 2 aromatic rings. The first kappa shape index (κ1) is 13.1. The van der Waals surface area contributed by atoms with Gasteiger partial charge in [-0.15, -0.1) is 0 Å². The zero-order chi connectivity index (χ0) is 14.9. The lowest BCUT2D eigenvalue weighted by Gasteiger charge is -2.25. The molecule has 0 saturated carbocycles. The lowest BCUT2D eigenvalue weighted by molar-refractivity contribution is 0.0731. The molecule has 22 heavy (non-hydrogen) atoms. The van der Waals surface area contributed by atoms with E-state index in [2.05, 4.69) is 24.8 Å². The highest BCUT2D eigenvalue weighted by Gasteiger charge is 2.45. The van der Waals surface area contributed by atoms with Gasteiger partial charge in [0.15, 0.2) is 0 Å². The second-order valence-corrected chi connectivity index (χ2v) is 5.54. The molecule has 0 aromatic carbocycles. The number of hydrogen-bond donors (Lipinski definition) is 0. The number of fused-ring (bicyclic) bond motifs is 1. The topological polar surface area (TPSA) is 75.1 Å². The Kier molecular flexibility index (Phi) is 3.17. The Hall–Kier alpha value is -2.57. The molecule has 112 valence electrons. The predicted molar refractivity (Wildman–Crippen MR) is 79.3 cm³/mol. The summed E-state index contributed by atoms with van der Waals surface area (Å²) in [6.07, 6.45) is 10.1. The van der Waals surface area contributed by atoms with E-state index in [1.54, 1.807) is 24.8 Å². The first-order chi connectivity index (χ1) is 10.8. The van der Waals surface area contributed by atoms with Crippen molar-refractivity contribution >= 4 is 11.9 Å². The number of nitrogens with zero attached hydrogens (tertiary/aromatic N) is 6. The maximum absolute atomic E-state index is 12.6. The van der Waals surface area contributed by atoms with Crippen molar-refractivity contribution in [2.24, 2.45) is 0 Å². The van der Waals surface area contributed by atoms with E-state index in [9.17, 15) is 4.79 Å². The molecular weight excluding hydrogens is 280 g/mol. The fraction of sp³-hybridized carbons (Fsp3) is 0.400. The summed E-state index contributed by atoms with van der Waals surface area (Å²) in [6.45, 7) is 1.62. The predicted octanol–water partition coefficient (Wildman–Crippen LogP) is 0.760. The summed E-state index contributed by atoms with van der Waals surface area (Å²) in [7, 11) is 0. The largest absolute Gasteiger partial charge is 0.336 e. The molecule has 4 rings (SSSR count). The van der Waals surface area contributed by atoms with Gasteiger partial charge in [0.25, 0.3) is 5.91 Å². The van der Waals surface area contributed by atoms with Crippen LogP contribution in [0.4, 0.5) is 5.95 Å². The van der Waals surface area contributed by atoms with Gasteiger partial charge in [-0.3, -0.25) is 9.78 Å². The van der Waals surface area contributed by atoms with Gasteiger partial charge in [0, 0.05) is 37.9 Å². The van der Waals surface area contributed by atoms with Crippen LogP contribution in [0.3, 0.4) is 0 Å². The molecule has 2 aliphatic rings. The Labute approximate surface area is 128 Å². The minimum Gasteiger partial charge on any atom is -0.336 e. The van der Waals surface area contributed by atoms with Gasteiger partial charge >= 0.3 is 0 Å². The van der Waals surface area contributed by atoms with Crippen LogP contribution in [0.1, 0.15) is 23.3 Å². The van der Waals surface area contributed by atoms with Gasteiger partial charge in [-0.05, 0) is 18.9 Å². The quantitative estimate of drug-likeness (QED) is 0.814. The summed E-state index contributed by atoms with van der Waals surface area (Å²) in [5.74, 6) is 0.722. The fourth-order valence-electron chi connectivity index (χ4n) is 3.48. The molecule has 4 heterocycles. The van der Waals surface area contributed by atoms with E-state index < -0.39 is 0 Å². The van der Waals surface area contributed by atoms with Crippen LogP contribution in [0.25, 0.3) is 0 Å². The first-order valence-electron chi connectivity index (χ1n) is 7.45. The van der Waals surface area contributed by atoms with Gasteiger partial charge in [-0.1, -0.05) is 0 Å². The molecule has 2 aromatic heterocycles.